The van der Waals surface area contributed by atoms with Crippen molar-refractivity contribution in [2.24, 2.45) is 0 Å². The summed E-state index contributed by atoms with van der Waals surface area (Å²) in [7, 11) is 0. The third-order valence-corrected chi connectivity index (χ3v) is 5.72. The van der Waals surface area contributed by atoms with E-state index in [0.29, 0.717) is 15.9 Å². The van der Waals surface area contributed by atoms with Gasteiger partial charge in [0.2, 0.25) is 0 Å². The molecule has 1 fully saturated rings. The number of halogens is 1. The van der Waals surface area contributed by atoms with Crippen molar-refractivity contribution in [1.82, 2.24) is 24.6 Å². The number of carbonyl (C=O) groups excluding carboxylic acids is 1. The topological polar surface area (TPSA) is 63.9 Å². The summed E-state index contributed by atoms with van der Waals surface area (Å²) in [5.41, 5.74) is 1.61. The number of rotatable bonds is 2. The molecule has 6 nitrogen and oxygen atoms in total. The van der Waals surface area contributed by atoms with Gasteiger partial charge in [-0.05, 0) is 19.3 Å². The molecule has 0 radical (unpaired) electrons. The van der Waals surface area contributed by atoms with Gasteiger partial charge in [-0.3, -0.25) is 4.79 Å². The first-order valence-corrected chi connectivity index (χ1v) is 8.80. The van der Waals surface area contributed by atoms with Gasteiger partial charge in [-0.2, -0.15) is 0 Å². The summed E-state index contributed by atoms with van der Waals surface area (Å²) in [6.07, 6.45) is 4.06. The van der Waals surface area contributed by atoms with E-state index in [1.54, 1.807) is 5.51 Å². The summed E-state index contributed by atoms with van der Waals surface area (Å²) in [5.74, 6) is 2.62. The number of aromatic nitrogens is 4. The second kappa shape index (κ2) is 5.62. The van der Waals surface area contributed by atoms with Gasteiger partial charge < -0.3 is 9.47 Å². The lowest BCUT2D eigenvalue weighted by Gasteiger charge is -2.31. The molecule has 1 amide bonds. The summed E-state index contributed by atoms with van der Waals surface area (Å²) in [5, 5.41) is 8.97. The van der Waals surface area contributed by atoms with Crippen molar-refractivity contribution < 1.29 is 4.79 Å². The van der Waals surface area contributed by atoms with Crippen LogP contribution in [0.25, 0.3) is 0 Å². The van der Waals surface area contributed by atoms with Crippen LogP contribution in [0.4, 0.5) is 0 Å². The Bertz CT molecular complexity index is 704. The number of amides is 1. The number of hydrogen-bond donors (Lipinski definition) is 0. The third-order valence-electron chi connectivity index (χ3n) is 4.50. The van der Waals surface area contributed by atoms with E-state index in [0.717, 1.165) is 50.5 Å². The van der Waals surface area contributed by atoms with Gasteiger partial charge in [0.15, 0.2) is 5.15 Å². The monoisotopic (exact) mass is 337 g/mol. The maximum atomic E-state index is 12.4. The molecular formula is C14H16ClN5OS. The van der Waals surface area contributed by atoms with Gasteiger partial charge in [0, 0.05) is 32.0 Å². The fourth-order valence-corrected chi connectivity index (χ4v) is 4.30. The minimum Gasteiger partial charge on any atom is -0.338 e. The van der Waals surface area contributed by atoms with Crippen LogP contribution in [0.3, 0.4) is 0 Å². The number of carbonyl (C=O) groups is 1. The van der Waals surface area contributed by atoms with Crippen molar-refractivity contribution in [3.63, 3.8) is 0 Å². The standard InChI is InChI=1S/C14H16ClN5OS/c15-12-11(22-8-16-12)14(21)19-6-3-9(4-7-19)13-18-17-10-2-1-5-20(10)13/h8-9H,1-7H2. The Morgan fingerprint density at radius 3 is 2.82 bits per heavy atom. The van der Waals surface area contributed by atoms with E-state index >= 15 is 0 Å². The molecule has 2 aromatic heterocycles. The molecule has 0 N–H and O–H groups in total. The quantitative estimate of drug-likeness (QED) is 0.843. The molecule has 0 aliphatic carbocycles. The highest BCUT2D eigenvalue weighted by Crippen LogP contribution is 2.31. The number of piperidine rings is 1. The van der Waals surface area contributed by atoms with Gasteiger partial charge in [0.1, 0.15) is 16.5 Å². The maximum absolute atomic E-state index is 12.4. The summed E-state index contributed by atoms with van der Waals surface area (Å²) in [6.45, 7) is 2.51. The van der Waals surface area contributed by atoms with Gasteiger partial charge in [-0.25, -0.2) is 4.98 Å². The lowest BCUT2D eigenvalue weighted by atomic mass is 9.96. The average Bonchev–Trinajstić information content (AvgIpc) is 3.23. The first kappa shape index (κ1) is 14.1. The Morgan fingerprint density at radius 2 is 2.09 bits per heavy atom. The molecule has 116 valence electrons. The lowest BCUT2D eigenvalue weighted by molar-refractivity contribution is 0.0715. The van der Waals surface area contributed by atoms with Gasteiger partial charge in [0.25, 0.3) is 5.91 Å². The molecule has 0 saturated carbocycles. The fourth-order valence-electron chi connectivity index (χ4n) is 3.33. The second-order valence-electron chi connectivity index (χ2n) is 5.77. The minimum absolute atomic E-state index is 0.00239. The lowest BCUT2D eigenvalue weighted by Crippen LogP contribution is -2.38. The van der Waals surface area contributed by atoms with E-state index in [1.165, 1.54) is 17.8 Å². The van der Waals surface area contributed by atoms with Gasteiger partial charge in [-0.1, -0.05) is 11.6 Å². The Morgan fingerprint density at radius 1 is 1.27 bits per heavy atom. The van der Waals surface area contributed by atoms with E-state index in [4.69, 9.17) is 11.6 Å². The minimum atomic E-state index is -0.00239. The number of likely N-dealkylation sites (tertiary alicyclic amines) is 1. The molecule has 4 heterocycles. The molecular weight excluding hydrogens is 322 g/mol. The summed E-state index contributed by atoms with van der Waals surface area (Å²) >= 11 is 7.26. The molecule has 0 atom stereocenters. The predicted molar refractivity (Wildman–Crippen MR) is 83.3 cm³/mol. The first-order chi connectivity index (χ1) is 10.7. The van der Waals surface area contributed by atoms with Crippen LogP contribution in [0.2, 0.25) is 5.15 Å². The van der Waals surface area contributed by atoms with E-state index in [1.807, 2.05) is 4.90 Å². The molecule has 0 aromatic carbocycles. The number of nitrogens with zero attached hydrogens (tertiary/aromatic N) is 5. The van der Waals surface area contributed by atoms with Crippen molar-refractivity contribution in [2.45, 2.75) is 38.1 Å². The number of hydrogen-bond acceptors (Lipinski definition) is 5. The highest BCUT2D eigenvalue weighted by Gasteiger charge is 2.30. The smallest absolute Gasteiger partial charge is 0.267 e. The second-order valence-corrected chi connectivity index (χ2v) is 6.98. The van der Waals surface area contributed by atoms with E-state index in [-0.39, 0.29) is 5.91 Å². The Balaban J connectivity index is 1.44. The maximum Gasteiger partial charge on any atom is 0.267 e. The number of thiazole rings is 1. The van der Waals surface area contributed by atoms with E-state index in [9.17, 15) is 4.79 Å². The van der Waals surface area contributed by atoms with E-state index < -0.39 is 0 Å². The van der Waals surface area contributed by atoms with Crippen LogP contribution in [-0.2, 0) is 13.0 Å². The summed E-state index contributed by atoms with van der Waals surface area (Å²) < 4.78 is 2.27. The molecule has 0 bridgehead atoms. The Labute approximate surface area is 137 Å². The van der Waals surface area contributed by atoms with Crippen molar-refractivity contribution >= 4 is 28.8 Å². The first-order valence-electron chi connectivity index (χ1n) is 7.54. The van der Waals surface area contributed by atoms with Gasteiger partial charge in [0.05, 0.1) is 5.51 Å². The number of fused-ring (bicyclic) bond motifs is 1. The molecule has 0 spiro atoms. The van der Waals surface area contributed by atoms with Crippen LogP contribution in [-0.4, -0.2) is 43.6 Å². The largest absolute Gasteiger partial charge is 0.338 e. The van der Waals surface area contributed by atoms with Crippen molar-refractivity contribution in [2.75, 3.05) is 13.1 Å². The Hall–Kier alpha value is -1.47. The zero-order valence-corrected chi connectivity index (χ0v) is 13.6. The van der Waals surface area contributed by atoms with Crippen molar-refractivity contribution in [3.05, 3.63) is 27.2 Å². The SMILES string of the molecule is O=C(c1scnc1Cl)N1CCC(c2nnc3n2CCC3)CC1. The summed E-state index contributed by atoms with van der Waals surface area (Å²) in [6, 6.07) is 0. The van der Waals surface area contributed by atoms with Gasteiger partial charge >= 0.3 is 0 Å². The molecule has 8 heteroatoms. The van der Waals surface area contributed by atoms with Crippen LogP contribution in [0.15, 0.2) is 5.51 Å². The van der Waals surface area contributed by atoms with Gasteiger partial charge in [-0.15, -0.1) is 21.5 Å². The fraction of sp³-hybridized carbons (Fsp3) is 0.571. The zero-order valence-electron chi connectivity index (χ0n) is 12.0. The molecule has 2 aliphatic heterocycles. The van der Waals surface area contributed by atoms with E-state index in [2.05, 4.69) is 19.7 Å². The predicted octanol–water partition coefficient (Wildman–Crippen LogP) is 2.35. The molecule has 2 aliphatic rings. The van der Waals surface area contributed by atoms with Crippen LogP contribution < -0.4 is 0 Å². The highest BCUT2D eigenvalue weighted by molar-refractivity contribution is 7.12. The zero-order chi connectivity index (χ0) is 15.1. The van der Waals surface area contributed by atoms with Crippen LogP contribution in [0.5, 0.6) is 0 Å². The molecule has 22 heavy (non-hydrogen) atoms. The van der Waals surface area contributed by atoms with Crippen molar-refractivity contribution in [1.29, 1.82) is 0 Å². The molecule has 0 unspecified atom stereocenters. The Kier molecular flexibility index (Phi) is 3.62. The highest BCUT2D eigenvalue weighted by atomic mass is 35.5. The average molecular weight is 338 g/mol. The molecule has 4 rings (SSSR count). The normalized spacial score (nSPS) is 18.7. The molecule has 2 aromatic rings. The van der Waals surface area contributed by atoms with Crippen LogP contribution >= 0.6 is 22.9 Å². The van der Waals surface area contributed by atoms with Crippen LogP contribution in [0.1, 0.15) is 46.5 Å². The summed E-state index contributed by atoms with van der Waals surface area (Å²) in [4.78, 5) is 18.8. The molecule has 1 saturated heterocycles. The van der Waals surface area contributed by atoms with Crippen LogP contribution in [0, 0.1) is 0 Å². The van der Waals surface area contributed by atoms with Crippen molar-refractivity contribution in [3.8, 4) is 0 Å². The third kappa shape index (κ3) is 2.32. The number of aryl methyl sites for hydroxylation is 1.